The van der Waals surface area contributed by atoms with Crippen LogP contribution >= 0.6 is 0 Å². The number of hydrogen-bond donors (Lipinski definition) is 2. The minimum Gasteiger partial charge on any atom is -0.452 e. The van der Waals surface area contributed by atoms with Gasteiger partial charge in [-0.1, -0.05) is 18.2 Å². The van der Waals surface area contributed by atoms with E-state index in [2.05, 4.69) is 5.32 Å². The van der Waals surface area contributed by atoms with Crippen LogP contribution in [-0.4, -0.2) is 51.2 Å². The first-order chi connectivity index (χ1) is 13.1. The fourth-order valence-corrected chi connectivity index (χ4v) is 3.15. The molecule has 0 spiro atoms. The number of carbonyl (C=O) groups excluding carboxylic acids is 3. The zero-order valence-electron chi connectivity index (χ0n) is 15.2. The molecule has 3 N–H and O–H groups in total. The van der Waals surface area contributed by atoms with Crippen LogP contribution in [-0.2, 0) is 19.6 Å². The molecule has 0 fully saturated rings. The number of nitrogens with one attached hydrogen (secondary N) is 1. The van der Waals surface area contributed by atoms with Crippen LogP contribution in [0.15, 0.2) is 53.4 Å². The lowest BCUT2D eigenvalue weighted by atomic mass is 10.1. The topological polar surface area (TPSA) is 136 Å². The summed E-state index contributed by atoms with van der Waals surface area (Å²) in [6.07, 6.45) is 0. The van der Waals surface area contributed by atoms with E-state index >= 15 is 0 Å². The smallest absolute Gasteiger partial charge is 0.338 e. The molecule has 0 aliphatic carbocycles. The van der Waals surface area contributed by atoms with Gasteiger partial charge in [-0.25, -0.2) is 17.5 Å². The van der Waals surface area contributed by atoms with Crippen molar-refractivity contribution in [3.05, 3.63) is 59.7 Å². The molecule has 0 saturated carbocycles. The zero-order valence-corrected chi connectivity index (χ0v) is 16.0. The maximum absolute atomic E-state index is 12.1. The van der Waals surface area contributed by atoms with Gasteiger partial charge in [0.1, 0.15) is 0 Å². The Balaban J connectivity index is 2.05. The Labute approximate surface area is 162 Å². The molecule has 0 radical (unpaired) electrons. The second kappa shape index (κ2) is 8.63. The molecule has 10 heteroatoms. The van der Waals surface area contributed by atoms with Gasteiger partial charge < -0.3 is 15.8 Å². The summed E-state index contributed by atoms with van der Waals surface area (Å²) in [7, 11) is -0.976. The summed E-state index contributed by atoms with van der Waals surface area (Å²) in [5.74, 6) is -2.26. The Morgan fingerprint density at radius 3 is 2.39 bits per heavy atom. The quantitative estimate of drug-likeness (QED) is 0.655. The molecule has 0 aliphatic rings. The number of nitrogens with two attached hydrogens (primary N) is 1. The number of primary amides is 1. The molecule has 2 aromatic rings. The molecular formula is C18H19N3O6S. The summed E-state index contributed by atoms with van der Waals surface area (Å²) < 4.78 is 30.2. The fraction of sp³-hybridized carbons (Fsp3) is 0.167. The number of benzene rings is 2. The van der Waals surface area contributed by atoms with Gasteiger partial charge in [0.15, 0.2) is 6.61 Å². The van der Waals surface area contributed by atoms with E-state index < -0.39 is 34.4 Å². The Morgan fingerprint density at radius 1 is 1.07 bits per heavy atom. The molecular weight excluding hydrogens is 386 g/mol. The highest BCUT2D eigenvalue weighted by Crippen LogP contribution is 2.16. The van der Waals surface area contributed by atoms with Crippen molar-refractivity contribution in [1.82, 2.24) is 4.31 Å². The molecule has 0 saturated heterocycles. The molecule has 2 rings (SSSR count). The molecule has 0 heterocycles. The van der Waals surface area contributed by atoms with Gasteiger partial charge in [0.05, 0.1) is 21.7 Å². The van der Waals surface area contributed by atoms with Gasteiger partial charge in [-0.3, -0.25) is 9.59 Å². The average molecular weight is 405 g/mol. The average Bonchev–Trinajstić information content (AvgIpc) is 2.66. The highest BCUT2D eigenvalue weighted by molar-refractivity contribution is 7.89. The third-order valence-corrected chi connectivity index (χ3v) is 5.46. The van der Waals surface area contributed by atoms with Crippen molar-refractivity contribution < 1.29 is 27.5 Å². The largest absolute Gasteiger partial charge is 0.452 e. The van der Waals surface area contributed by atoms with Gasteiger partial charge in [-0.2, -0.15) is 0 Å². The number of hydrogen-bond acceptors (Lipinski definition) is 6. The summed E-state index contributed by atoms with van der Waals surface area (Å²) >= 11 is 0. The summed E-state index contributed by atoms with van der Waals surface area (Å²) in [6, 6.07) is 11.4. The highest BCUT2D eigenvalue weighted by atomic mass is 32.2. The second-order valence-corrected chi connectivity index (χ2v) is 8.00. The van der Waals surface area contributed by atoms with E-state index in [1.54, 1.807) is 12.1 Å². The number of carbonyl (C=O) groups is 3. The lowest BCUT2D eigenvalue weighted by molar-refractivity contribution is -0.119. The molecule has 0 aromatic heterocycles. The summed E-state index contributed by atoms with van der Waals surface area (Å²) in [5, 5.41) is 2.43. The van der Waals surface area contributed by atoms with E-state index in [4.69, 9.17) is 10.5 Å². The maximum Gasteiger partial charge on any atom is 0.338 e. The van der Waals surface area contributed by atoms with E-state index in [1.165, 1.54) is 44.4 Å². The maximum atomic E-state index is 12.1. The molecule has 28 heavy (non-hydrogen) atoms. The second-order valence-electron chi connectivity index (χ2n) is 5.85. The van der Waals surface area contributed by atoms with Crippen LogP contribution in [0.5, 0.6) is 0 Å². The van der Waals surface area contributed by atoms with Gasteiger partial charge in [0.2, 0.25) is 10.0 Å². The van der Waals surface area contributed by atoms with E-state index in [9.17, 15) is 22.8 Å². The van der Waals surface area contributed by atoms with Gasteiger partial charge >= 0.3 is 5.97 Å². The fourth-order valence-electron chi connectivity index (χ4n) is 2.20. The van der Waals surface area contributed by atoms with Crippen molar-refractivity contribution in [3.63, 3.8) is 0 Å². The number of para-hydroxylation sites is 1. The van der Waals surface area contributed by atoms with Crippen LogP contribution in [0.3, 0.4) is 0 Å². The molecule has 9 nitrogen and oxygen atoms in total. The molecule has 2 amide bonds. The number of esters is 1. The third-order valence-electron chi connectivity index (χ3n) is 3.65. The van der Waals surface area contributed by atoms with Gasteiger partial charge in [0.25, 0.3) is 11.8 Å². The molecule has 0 unspecified atom stereocenters. The van der Waals surface area contributed by atoms with Crippen molar-refractivity contribution in [2.45, 2.75) is 4.90 Å². The van der Waals surface area contributed by atoms with Crippen molar-refractivity contribution in [2.75, 3.05) is 26.0 Å². The van der Waals surface area contributed by atoms with Crippen LogP contribution in [0.4, 0.5) is 5.69 Å². The van der Waals surface area contributed by atoms with Crippen LogP contribution < -0.4 is 11.1 Å². The first-order valence-corrected chi connectivity index (χ1v) is 9.45. The minimum absolute atomic E-state index is 0.0201. The number of rotatable bonds is 7. The Morgan fingerprint density at radius 2 is 1.75 bits per heavy atom. The third kappa shape index (κ3) is 4.93. The first kappa shape index (κ1) is 21.1. The SMILES string of the molecule is CN(C)S(=O)(=O)c1cccc(C(=O)OCC(=O)Nc2ccccc2C(N)=O)c1. The normalized spacial score (nSPS) is 11.1. The van der Waals surface area contributed by atoms with Crippen LogP contribution in [0, 0.1) is 0 Å². The minimum atomic E-state index is -3.72. The molecule has 0 atom stereocenters. The van der Waals surface area contributed by atoms with Crippen molar-refractivity contribution in [1.29, 1.82) is 0 Å². The summed E-state index contributed by atoms with van der Waals surface area (Å²) in [5.41, 5.74) is 5.52. The number of nitrogens with zero attached hydrogens (tertiary/aromatic N) is 1. The molecule has 2 aromatic carbocycles. The number of ether oxygens (including phenoxy) is 1. The number of amides is 2. The number of anilines is 1. The van der Waals surface area contributed by atoms with Crippen LogP contribution in [0.25, 0.3) is 0 Å². The van der Waals surface area contributed by atoms with Crippen LogP contribution in [0.1, 0.15) is 20.7 Å². The van der Waals surface area contributed by atoms with Crippen molar-refractivity contribution in [2.24, 2.45) is 5.73 Å². The monoisotopic (exact) mass is 405 g/mol. The van der Waals surface area contributed by atoms with E-state index in [-0.39, 0.29) is 21.7 Å². The highest BCUT2D eigenvalue weighted by Gasteiger charge is 2.20. The van der Waals surface area contributed by atoms with E-state index in [1.807, 2.05) is 0 Å². The lowest BCUT2D eigenvalue weighted by Gasteiger charge is -2.12. The Kier molecular flexibility index (Phi) is 6.49. The van der Waals surface area contributed by atoms with Gasteiger partial charge in [-0.05, 0) is 30.3 Å². The Hall–Kier alpha value is -3.24. The predicted molar refractivity (Wildman–Crippen MR) is 101 cm³/mol. The molecule has 0 aliphatic heterocycles. The zero-order chi connectivity index (χ0) is 20.9. The summed E-state index contributed by atoms with van der Waals surface area (Å²) in [6.45, 7) is -0.628. The Bertz CT molecular complexity index is 1020. The van der Waals surface area contributed by atoms with Gasteiger partial charge in [0, 0.05) is 14.1 Å². The van der Waals surface area contributed by atoms with Crippen molar-refractivity contribution in [3.8, 4) is 0 Å². The predicted octanol–water partition coefficient (Wildman–Crippen LogP) is 0.831. The van der Waals surface area contributed by atoms with E-state index in [0.717, 1.165) is 10.4 Å². The first-order valence-electron chi connectivity index (χ1n) is 8.01. The molecule has 0 bridgehead atoms. The molecule has 148 valence electrons. The van der Waals surface area contributed by atoms with Crippen molar-refractivity contribution >= 4 is 33.5 Å². The lowest BCUT2D eigenvalue weighted by Crippen LogP contribution is -2.24. The van der Waals surface area contributed by atoms with E-state index in [0.29, 0.717) is 0 Å². The summed E-state index contributed by atoms with van der Waals surface area (Å²) in [4.78, 5) is 35.4. The standard InChI is InChI=1S/C18H19N3O6S/c1-21(2)28(25,26)13-7-5-6-12(10-13)18(24)27-11-16(22)20-15-9-4-3-8-14(15)17(19)23/h3-10H,11H2,1-2H3,(H2,19,23)(H,20,22). The number of sulfonamides is 1. The van der Waals surface area contributed by atoms with Gasteiger partial charge in [-0.15, -0.1) is 0 Å². The van der Waals surface area contributed by atoms with Crippen LogP contribution in [0.2, 0.25) is 0 Å².